The van der Waals surface area contributed by atoms with Crippen molar-refractivity contribution in [3.8, 4) is 5.82 Å². The molecule has 4 heterocycles. The third-order valence-corrected chi connectivity index (χ3v) is 7.22. The number of nitrogens with one attached hydrogen (secondary N) is 1. The molecule has 6 rings (SSSR count). The summed E-state index contributed by atoms with van der Waals surface area (Å²) in [6.45, 7) is -1.25. The average molecular weight is 509 g/mol. The van der Waals surface area contributed by atoms with Crippen molar-refractivity contribution >= 4 is 38.2 Å². The Balaban J connectivity index is 1.37. The minimum absolute atomic E-state index is 0.217. The van der Waals surface area contributed by atoms with Crippen LogP contribution in [-0.4, -0.2) is 54.7 Å². The molecule has 1 aliphatic heterocycles. The second kappa shape index (κ2) is 8.63. The van der Waals surface area contributed by atoms with Crippen LogP contribution in [-0.2, 0) is 22.7 Å². The highest BCUT2D eigenvalue weighted by Gasteiger charge is 2.29. The molecule has 2 aliphatic rings. The van der Waals surface area contributed by atoms with Crippen molar-refractivity contribution in [1.82, 2.24) is 24.4 Å². The third kappa shape index (κ3) is 4.35. The number of nitrogens with zero attached hydrogens (tertiary/aromatic N) is 6. The number of fused-ring (bicyclic) bond motifs is 1. The van der Waals surface area contributed by atoms with Gasteiger partial charge < -0.3 is 10.2 Å². The van der Waals surface area contributed by atoms with Gasteiger partial charge in [-0.05, 0) is 73.1 Å². The van der Waals surface area contributed by atoms with Gasteiger partial charge in [0, 0.05) is 57.5 Å². The first-order valence-electron chi connectivity index (χ1n) is 13.3. The van der Waals surface area contributed by atoms with Gasteiger partial charge in [0.25, 0.3) is 0 Å². The fourth-order valence-corrected chi connectivity index (χ4v) is 5.82. The van der Waals surface area contributed by atoms with Crippen LogP contribution in [0.25, 0.3) is 16.9 Å². The standard InChI is InChI=1S/C26H28FN7OS/c1-33-13-17-7-4-6-16-10-19(11-18(14-33)24(16)17)29-26-28-12-20-21(27)15-34(25(20)31-26)23-9-5-8-22(30-23)32-36(2,3)35/h5,8-12,15,17H,4,6-7,13-14H2,1-3H3,(H,28,29,31)/t17-/m1/s1/i1D3. The van der Waals surface area contributed by atoms with Crippen LogP contribution in [0.4, 0.5) is 21.8 Å². The molecular weight excluding hydrogens is 477 g/mol. The highest BCUT2D eigenvalue weighted by molar-refractivity contribution is 7.92. The molecule has 0 saturated carbocycles. The second-order valence-electron chi connectivity index (χ2n) is 9.71. The van der Waals surface area contributed by atoms with Crippen molar-refractivity contribution in [3.63, 3.8) is 0 Å². The molecule has 4 aromatic rings. The number of aromatic nitrogens is 4. The van der Waals surface area contributed by atoms with E-state index in [2.05, 4.69) is 30.7 Å². The van der Waals surface area contributed by atoms with E-state index in [9.17, 15) is 8.60 Å². The number of anilines is 2. The molecule has 1 N–H and O–H groups in total. The lowest BCUT2D eigenvalue weighted by Crippen LogP contribution is -2.33. The molecule has 0 spiro atoms. The molecule has 1 aliphatic carbocycles. The van der Waals surface area contributed by atoms with Crippen LogP contribution in [0.3, 0.4) is 0 Å². The Morgan fingerprint density at radius 2 is 2.11 bits per heavy atom. The van der Waals surface area contributed by atoms with Gasteiger partial charge in [0.2, 0.25) is 5.95 Å². The summed E-state index contributed by atoms with van der Waals surface area (Å²) in [6.07, 6.45) is 8.68. The Bertz CT molecular complexity index is 1720. The maximum absolute atomic E-state index is 14.8. The van der Waals surface area contributed by atoms with Crippen LogP contribution in [0.2, 0.25) is 0 Å². The topological polar surface area (TPSA) is 88.3 Å². The zero-order valence-corrected chi connectivity index (χ0v) is 20.8. The highest BCUT2D eigenvalue weighted by atomic mass is 32.2. The number of rotatable bonds is 4. The Morgan fingerprint density at radius 3 is 2.94 bits per heavy atom. The van der Waals surface area contributed by atoms with Crippen molar-refractivity contribution < 1.29 is 12.7 Å². The number of likely N-dealkylation sites (N-methyl/N-ethyl adjacent to an activating group) is 1. The lowest BCUT2D eigenvalue weighted by Gasteiger charge is -2.37. The lowest BCUT2D eigenvalue weighted by atomic mass is 9.77. The van der Waals surface area contributed by atoms with E-state index in [0.29, 0.717) is 24.6 Å². The molecule has 10 heteroatoms. The largest absolute Gasteiger partial charge is 0.324 e. The van der Waals surface area contributed by atoms with Gasteiger partial charge >= 0.3 is 0 Å². The van der Waals surface area contributed by atoms with E-state index in [4.69, 9.17) is 4.11 Å². The van der Waals surface area contributed by atoms with Crippen molar-refractivity contribution in [3.05, 3.63) is 65.2 Å². The summed E-state index contributed by atoms with van der Waals surface area (Å²) < 4.78 is 56.4. The molecule has 0 bridgehead atoms. The van der Waals surface area contributed by atoms with Crippen LogP contribution < -0.4 is 5.32 Å². The van der Waals surface area contributed by atoms with Gasteiger partial charge in [-0.25, -0.2) is 18.6 Å². The zero-order valence-electron chi connectivity index (χ0n) is 23.0. The Labute approximate surface area is 214 Å². The molecule has 186 valence electrons. The third-order valence-electron chi connectivity index (χ3n) is 6.59. The molecule has 0 fully saturated rings. The smallest absolute Gasteiger partial charge is 0.229 e. The van der Waals surface area contributed by atoms with Crippen LogP contribution in [0, 0.1) is 5.82 Å². The van der Waals surface area contributed by atoms with E-state index in [1.54, 1.807) is 23.1 Å². The van der Waals surface area contributed by atoms with Crippen LogP contribution in [0.5, 0.6) is 0 Å². The maximum Gasteiger partial charge on any atom is 0.229 e. The fourth-order valence-electron chi connectivity index (χ4n) is 5.27. The summed E-state index contributed by atoms with van der Waals surface area (Å²) in [5, 5.41) is 3.48. The minimum Gasteiger partial charge on any atom is -0.324 e. The van der Waals surface area contributed by atoms with Crippen LogP contribution in [0.1, 0.15) is 39.6 Å². The molecule has 0 amide bonds. The first kappa shape index (κ1) is 19.8. The molecule has 8 nitrogen and oxygen atoms in total. The average Bonchev–Trinajstić information content (AvgIpc) is 3.18. The predicted molar refractivity (Wildman–Crippen MR) is 140 cm³/mol. The van der Waals surface area contributed by atoms with Crippen molar-refractivity contribution in [2.45, 2.75) is 31.7 Å². The number of benzene rings is 1. The van der Waals surface area contributed by atoms with Gasteiger partial charge in [0.05, 0.1) is 5.39 Å². The quantitative estimate of drug-likeness (QED) is 0.421. The number of halogens is 1. The van der Waals surface area contributed by atoms with E-state index >= 15 is 0 Å². The van der Waals surface area contributed by atoms with E-state index in [1.807, 2.05) is 6.07 Å². The summed E-state index contributed by atoms with van der Waals surface area (Å²) in [4.78, 5) is 14.9. The predicted octanol–water partition coefficient (Wildman–Crippen LogP) is 4.92. The Hall–Kier alpha value is -3.37. The SMILES string of the molecule is [2H]C([2H])([2H])N1Cc2cc(Nc3ncc4c(F)cn(-c5cccc(N=S(C)(C)=O)n5)c4n3)cc3c2[C@H](CCC3)C1. The molecule has 0 unspecified atom stereocenters. The molecule has 1 aromatic carbocycles. The second-order valence-corrected chi connectivity index (χ2v) is 12.3. The first-order chi connectivity index (χ1) is 18.4. The summed E-state index contributed by atoms with van der Waals surface area (Å²) in [5.41, 5.74) is 4.58. The van der Waals surface area contributed by atoms with Crippen molar-refractivity contribution in [2.24, 2.45) is 4.36 Å². The maximum atomic E-state index is 14.8. The van der Waals surface area contributed by atoms with E-state index < -0.39 is 22.5 Å². The van der Waals surface area contributed by atoms with Crippen molar-refractivity contribution in [2.75, 3.05) is 31.3 Å². The van der Waals surface area contributed by atoms with Gasteiger partial charge in [-0.1, -0.05) is 6.07 Å². The van der Waals surface area contributed by atoms with Crippen molar-refractivity contribution in [1.29, 1.82) is 0 Å². The van der Waals surface area contributed by atoms with E-state index in [-0.39, 0.29) is 23.1 Å². The molecule has 3 aromatic heterocycles. The van der Waals surface area contributed by atoms with Crippen LogP contribution in [0.15, 0.2) is 47.1 Å². The monoisotopic (exact) mass is 508 g/mol. The molecular formula is C26H28FN7OS. The minimum atomic E-state index is -2.42. The summed E-state index contributed by atoms with van der Waals surface area (Å²) in [7, 11) is -2.42. The molecule has 36 heavy (non-hydrogen) atoms. The van der Waals surface area contributed by atoms with Gasteiger partial charge in [-0.2, -0.15) is 9.35 Å². The fraction of sp³-hybridized carbons (Fsp3) is 0.346. The Kier molecular flexibility index (Phi) is 4.74. The Morgan fingerprint density at radius 1 is 1.25 bits per heavy atom. The van der Waals surface area contributed by atoms with E-state index in [0.717, 1.165) is 30.5 Å². The van der Waals surface area contributed by atoms with Crippen LogP contribution >= 0.6 is 0 Å². The lowest BCUT2D eigenvalue weighted by molar-refractivity contribution is 0.266. The number of aryl methyl sites for hydroxylation is 1. The molecule has 0 radical (unpaired) electrons. The summed E-state index contributed by atoms with van der Waals surface area (Å²) >= 11 is 0. The zero-order chi connectivity index (χ0) is 27.5. The summed E-state index contributed by atoms with van der Waals surface area (Å²) in [6, 6.07) is 9.11. The van der Waals surface area contributed by atoms with Gasteiger partial charge in [-0.3, -0.25) is 4.57 Å². The molecule has 0 saturated heterocycles. The van der Waals surface area contributed by atoms with Gasteiger partial charge in [-0.15, -0.1) is 0 Å². The number of pyridine rings is 1. The number of hydrogen-bond donors (Lipinski definition) is 1. The highest BCUT2D eigenvalue weighted by Crippen LogP contribution is 2.40. The first-order valence-corrected chi connectivity index (χ1v) is 14.1. The summed E-state index contributed by atoms with van der Waals surface area (Å²) in [5.74, 6) is 0.659. The molecule has 1 atom stereocenters. The van der Waals surface area contributed by atoms with E-state index in [1.165, 1.54) is 40.6 Å². The van der Waals surface area contributed by atoms with Gasteiger partial charge in [0.1, 0.15) is 5.82 Å². The number of hydrogen-bond acceptors (Lipinski definition) is 7. The van der Waals surface area contributed by atoms with Gasteiger partial charge in [0.15, 0.2) is 17.3 Å². The normalized spacial score (nSPS) is 19.3.